The summed E-state index contributed by atoms with van der Waals surface area (Å²) in [7, 11) is 0. The predicted molar refractivity (Wildman–Crippen MR) is 79.1 cm³/mol. The van der Waals surface area contributed by atoms with Gasteiger partial charge in [-0.25, -0.2) is 5.48 Å². The topological polar surface area (TPSA) is 78.4 Å². The maximum absolute atomic E-state index is 12.1. The number of carbonyl (C=O) groups excluding carboxylic acids is 2. The van der Waals surface area contributed by atoms with Gasteiger partial charge in [-0.05, 0) is 42.5 Å². The van der Waals surface area contributed by atoms with Crippen LogP contribution in [-0.4, -0.2) is 23.1 Å². The third-order valence-corrected chi connectivity index (χ3v) is 3.81. The maximum Gasteiger partial charge on any atom is 0.274 e. The second-order valence-electron chi connectivity index (χ2n) is 6.59. The Balaban J connectivity index is 2.12. The molecule has 0 radical (unpaired) electrons. The highest BCUT2D eigenvalue weighted by molar-refractivity contribution is 5.93. The maximum atomic E-state index is 12.1. The molecule has 0 heterocycles. The molecule has 1 aliphatic rings. The van der Waals surface area contributed by atoms with Crippen molar-refractivity contribution in [1.82, 2.24) is 10.8 Å². The number of rotatable bonds is 2. The van der Waals surface area contributed by atoms with Gasteiger partial charge < -0.3 is 5.32 Å². The lowest BCUT2D eigenvalue weighted by Gasteiger charge is -2.28. The van der Waals surface area contributed by atoms with Gasteiger partial charge >= 0.3 is 0 Å². The van der Waals surface area contributed by atoms with Crippen molar-refractivity contribution < 1.29 is 14.8 Å². The van der Waals surface area contributed by atoms with Crippen LogP contribution in [0.1, 0.15) is 48.7 Å². The summed E-state index contributed by atoms with van der Waals surface area (Å²) in [6, 6.07) is 5.51. The van der Waals surface area contributed by atoms with E-state index in [9.17, 15) is 9.59 Å². The minimum atomic E-state index is -0.515. The van der Waals surface area contributed by atoms with Crippen molar-refractivity contribution in [3.05, 3.63) is 34.9 Å². The summed E-state index contributed by atoms with van der Waals surface area (Å²) in [5.41, 5.74) is 3.93. The Hall–Kier alpha value is -1.88. The van der Waals surface area contributed by atoms with Gasteiger partial charge in [0.1, 0.15) is 0 Å². The monoisotopic (exact) mass is 290 g/mol. The minimum Gasteiger partial charge on any atom is -0.353 e. The Morgan fingerprint density at radius 1 is 1.24 bits per heavy atom. The molecule has 0 aliphatic heterocycles. The third kappa shape index (κ3) is 3.61. The Labute approximate surface area is 124 Å². The van der Waals surface area contributed by atoms with Crippen molar-refractivity contribution in [2.45, 2.75) is 46.1 Å². The molecule has 0 fully saturated rings. The molecule has 0 spiro atoms. The number of hydroxylamine groups is 1. The van der Waals surface area contributed by atoms with E-state index in [0.29, 0.717) is 12.0 Å². The lowest BCUT2D eigenvalue weighted by Crippen LogP contribution is -2.44. The van der Waals surface area contributed by atoms with Gasteiger partial charge in [-0.3, -0.25) is 14.8 Å². The van der Waals surface area contributed by atoms with E-state index in [4.69, 9.17) is 5.21 Å². The van der Waals surface area contributed by atoms with E-state index >= 15 is 0 Å². The first-order valence-electron chi connectivity index (χ1n) is 7.18. The molecule has 114 valence electrons. The van der Waals surface area contributed by atoms with Crippen molar-refractivity contribution in [1.29, 1.82) is 0 Å². The van der Waals surface area contributed by atoms with Crippen molar-refractivity contribution in [2.24, 2.45) is 5.41 Å². The fourth-order valence-electron chi connectivity index (χ4n) is 2.49. The van der Waals surface area contributed by atoms with Crippen LogP contribution in [0.25, 0.3) is 0 Å². The van der Waals surface area contributed by atoms with Crippen LogP contribution in [0.4, 0.5) is 0 Å². The van der Waals surface area contributed by atoms with Crippen LogP contribution in [-0.2, 0) is 17.6 Å². The number of amides is 2. The van der Waals surface area contributed by atoms with Gasteiger partial charge in [0, 0.05) is 17.0 Å². The zero-order valence-corrected chi connectivity index (χ0v) is 12.7. The summed E-state index contributed by atoms with van der Waals surface area (Å²) in [6.45, 7) is 5.67. The molecule has 2 rings (SSSR count). The molecule has 0 bridgehead atoms. The van der Waals surface area contributed by atoms with Crippen LogP contribution in [0, 0.1) is 5.41 Å². The van der Waals surface area contributed by atoms with Crippen LogP contribution in [0.3, 0.4) is 0 Å². The molecule has 1 atom stereocenters. The van der Waals surface area contributed by atoms with Crippen LogP contribution in [0.15, 0.2) is 18.2 Å². The van der Waals surface area contributed by atoms with E-state index in [0.717, 1.165) is 18.4 Å². The lowest BCUT2D eigenvalue weighted by atomic mass is 9.86. The van der Waals surface area contributed by atoms with Gasteiger partial charge in [0.15, 0.2) is 0 Å². The van der Waals surface area contributed by atoms with Crippen molar-refractivity contribution in [3.63, 3.8) is 0 Å². The van der Waals surface area contributed by atoms with E-state index in [1.165, 1.54) is 5.56 Å². The van der Waals surface area contributed by atoms with Gasteiger partial charge in [-0.1, -0.05) is 26.8 Å². The molecule has 5 heteroatoms. The number of carbonyl (C=O) groups is 2. The highest BCUT2D eigenvalue weighted by Gasteiger charge is 2.26. The van der Waals surface area contributed by atoms with Crippen LogP contribution < -0.4 is 10.8 Å². The molecule has 3 N–H and O–H groups in total. The van der Waals surface area contributed by atoms with Gasteiger partial charge in [0.2, 0.25) is 5.91 Å². The smallest absolute Gasteiger partial charge is 0.274 e. The lowest BCUT2D eigenvalue weighted by molar-refractivity contribution is -0.129. The molecule has 0 aromatic heterocycles. The Bertz CT molecular complexity index is 561. The highest BCUT2D eigenvalue weighted by Crippen LogP contribution is 2.24. The van der Waals surface area contributed by atoms with E-state index in [1.807, 2.05) is 26.8 Å². The van der Waals surface area contributed by atoms with Gasteiger partial charge in [0.05, 0.1) is 0 Å². The quantitative estimate of drug-likeness (QED) is 0.574. The Morgan fingerprint density at radius 2 is 1.95 bits per heavy atom. The summed E-state index contributed by atoms with van der Waals surface area (Å²) in [5.74, 6) is -0.473. The Morgan fingerprint density at radius 3 is 2.57 bits per heavy atom. The second-order valence-corrected chi connectivity index (χ2v) is 6.59. The SMILES string of the molecule is CC(C)(C)C(=O)N[C@H]1CCc2ccc(C(=O)NO)cc2C1. The average Bonchev–Trinajstić information content (AvgIpc) is 2.44. The number of hydrogen-bond acceptors (Lipinski definition) is 3. The van der Waals surface area contributed by atoms with E-state index in [1.54, 1.807) is 17.6 Å². The van der Waals surface area contributed by atoms with Crippen molar-refractivity contribution >= 4 is 11.8 Å². The zero-order chi connectivity index (χ0) is 15.6. The molecule has 21 heavy (non-hydrogen) atoms. The standard InChI is InChI=1S/C16H22N2O3/c1-16(2,3)15(20)17-13-7-6-10-4-5-11(14(19)18-21)8-12(10)9-13/h4-5,8,13,21H,6-7,9H2,1-3H3,(H,17,20)(H,18,19)/t13-/m0/s1. The van der Waals surface area contributed by atoms with Gasteiger partial charge in [-0.2, -0.15) is 0 Å². The van der Waals surface area contributed by atoms with Crippen LogP contribution in [0.2, 0.25) is 0 Å². The number of hydrogen-bond donors (Lipinski definition) is 3. The van der Waals surface area contributed by atoms with Crippen molar-refractivity contribution in [3.8, 4) is 0 Å². The van der Waals surface area contributed by atoms with Crippen LogP contribution >= 0.6 is 0 Å². The van der Waals surface area contributed by atoms with Crippen molar-refractivity contribution in [2.75, 3.05) is 0 Å². The first kappa shape index (κ1) is 15.5. The van der Waals surface area contributed by atoms with E-state index < -0.39 is 11.3 Å². The molecular weight excluding hydrogens is 268 g/mol. The summed E-state index contributed by atoms with van der Waals surface area (Å²) >= 11 is 0. The zero-order valence-electron chi connectivity index (χ0n) is 12.7. The summed E-state index contributed by atoms with van der Waals surface area (Å²) in [6.07, 6.45) is 2.50. The molecular formula is C16H22N2O3. The molecule has 1 aromatic rings. The average molecular weight is 290 g/mol. The molecule has 1 aromatic carbocycles. The fraction of sp³-hybridized carbons (Fsp3) is 0.500. The number of fused-ring (bicyclic) bond motifs is 1. The van der Waals surface area contributed by atoms with Crippen LogP contribution in [0.5, 0.6) is 0 Å². The molecule has 0 unspecified atom stereocenters. The first-order chi connectivity index (χ1) is 9.81. The number of aryl methyl sites for hydroxylation is 1. The highest BCUT2D eigenvalue weighted by atomic mass is 16.5. The summed E-state index contributed by atoms with van der Waals surface area (Å²) < 4.78 is 0. The normalized spacial score (nSPS) is 17.8. The predicted octanol–water partition coefficient (Wildman–Crippen LogP) is 1.83. The van der Waals surface area contributed by atoms with E-state index in [2.05, 4.69) is 5.32 Å². The van der Waals surface area contributed by atoms with Gasteiger partial charge in [-0.15, -0.1) is 0 Å². The largest absolute Gasteiger partial charge is 0.353 e. The number of benzene rings is 1. The molecule has 0 saturated heterocycles. The molecule has 2 amide bonds. The molecule has 5 nitrogen and oxygen atoms in total. The van der Waals surface area contributed by atoms with Gasteiger partial charge in [0.25, 0.3) is 5.91 Å². The molecule has 1 aliphatic carbocycles. The summed E-state index contributed by atoms with van der Waals surface area (Å²) in [4.78, 5) is 23.5. The first-order valence-corrected chi connectivity index (χ1v) is 7.18. The summed E-state index contributed by atoms with van der Waals surface area (Å²) in [5, 5.41) is 11.8. The minimum absolute atomic E-state index is 0.0419. The fourth-order valence-corrected chi connectivity index (χ4v) is 2.49. The third-order valence-electron chi connectivity index (χ3n) is 3.81. The molecule has 0 saturated carbocycles. The second kappa shape index (κ2) is 5.85. The number of nitrogens with one attached hydrogen (secondary N) is 2. The Kier molecular flexibility index (Phi) is 4.32. The van der Waals surface area contributed by atoms with E-state index in [-0.39, 0.29) is 11.9 Å².